The van der Waals surface area contributed by atoms with Crippen molar-refractivity contribution in [1.29, 1.82) is 0 Å². The van der Waals surface area contributed by atoms with Crippen molar-refractivity contribution in [1.82, 2.24) is 0 Å². The second-order valence-corrected chi connectivity index (χ2v) is 4.65. The SMILES string of the molecule is CC(Cl)C(=O)c1cc(Cl)cc(Br)c1. The lowest BCUT2D eigenvalue weighted by atomic mass is 10.1. The molecule has 1 rings (SSSR count). The number of ketones is 1. The Morgan fingerprint density at radius 1 is 1.46 bits per heavy atom. The van der Waals surface area contributed by atoms with Crippen LogP contribution in [-0.2, 0) is 0 Å². The molecule has 13 heavy (non-hydrogen) atoms. The zero-order valence-electron chi connectivity index (χ0n) is 6.85. The Morgan fingerprint density at radius 2 is 2.08 bits per heavy atom. The van der Waals surface area contributed by atoms with E-state index in [9.17, 15) is 4.79 Å². The van der Waals surface area contributed by atoms with E-state index in [1.165, 1.54) is 0 Å². The molecule has 0 radical (unpaired) electrons. The Hall–Kier alpha value is -0.0500. The van der Waals surface area contributed by atoms with E-state index in [1.54, 1.807) is 25.1 Å². The highest BCUT2D eigenvalue weighted by molar-refractivity contribution is 9.10. The van der Waals surface area contributed by atoms with Crippen molar-refractivity contribution in [3.05, 3.63) is 33.3 Å². The summed E-state index contributed by atoms with van der Waals surface area (Å²) in [6.45, 7) is 1.64. The highest BCUT2D eigenvalue weighted by Gasteiger charge is 2.12. The number of hydrogen-bond acceptors (Lipinski definition) is 1. The van der Waals surface area contributed by atoms with Gasteiger partial charge in [0.1, 0.15) is 0 Å². The molecular formula is C9H7BrCl2O. The normalized spacial score (nSPS) is 12.6. The lowest BCUT2D eigenvalue weighted by molar-refractivity contribution is 0.0991. The minimum absolute atomic E-state index is 0.120. The van der Waals surface area contributed by atoms with Crippen LogP contribution in [0.4, 0.5) is 0 Å². The van der Waals surface area contributed by atoms with Crippen LogP contribution in [0, 0.1) is 0 Å². The summed E-state index contributed by atoms with van der Waals surface area (Å²) in [5.41, 5.74) is 0.530. The molecule has 70 valence electrons. The van der Waals surface area contributed by atoms with Crippen molar-refractivity contribution >= 4 is 44.9 Å². The lowest BCUT2D eigenvalue weighted by Crippen LogP contribution is -2.10. The fourth-order valence-corrected chi connectivity index (χ4v) is 1.91. The zero-order valence-corrected chi connectivity index (χ0v) is 9.95. The molecule has 0 spiro atoms. The fraction of sp³-hybridized carbons (Fsp3) is 0.222. The number of benzene rings is 1. The van der Waals surface area contributed by atoms with E-state index < -0.39 is 5.38 Å². The summed E-state index contributed by atoms with van der Waals surface area (Å²) in [5.74, 6) is -0.120. The Morgan fingerprint density at radius 3 is 2.54 bits per heavy atom. The van der Waals surface area contributed by atoms with E-state index in [-0.39, 0.29) is 5.78 Å². The van der Waals surface area contributed by atoms with E-state index in [0.717, 1.165) is 4.47 Å². The Balaban J connectivity index is 3.08. The summed E-state index contributed by atoms with van der Waals surface area (Å²) in [7, 11) is 0. The van der Waals surface area contributed by atoms with Crippen LogP contribution in [0.3, 0.4) is 0 Å². The van der Waals surface area contributed by atoms with Crippen LogP contribution >= 0.6 is 39.1 Å². The molecule has 0 saturated carbocycles. The number of carbonyl (C=O) groups excluding carboxylic acids is 1. The molecule has 0 bridgehead atoms. The van der Waals surface area contributed by atoms with E-state index in [0.29, 0.717) is 10.6 Å². The molecular weight excluding hydrogens is 275 g/mol. The molecule has 1 aromatic rings. The maximum Gasteiger partial charge on any atom is 0.180 e. The minimum Gasteiger partial charge on any atom is -0.293 e. The van der Waals surface area contributed by atoms with E-state index in [1.807, 2.05) is 0 Å². The van der Waals surface area contributed by atoms with Gasteiger partial charge in [0, 0.05) is 15.1 Å². The lowest BCUT2D eigenvalue weighted by Gasteiger charge is -2.03. The molecule has 1 nitrogen and oxygen atoms in total. The molecule has 4 heteroatoms. The average molecular weight is 282 g/mol. The molecule has 1 unspecified atom stereocenters. The van der Waals surface area contributed by atoms with Gasteiger partial charge in [0.15, 0.2) is 5.78 Å². The van der Waals surface area contributed by atoms with Gasteiger partial charge in [0.05, 0.1) is 5.38 Å². The molecule has 0 aliphatic carbocycles. The smallest absolute Gasteiger partial charge is 0.180 e. The van der Waals surface area contributed by atoms with Crippen LogP contribution in [-0.4, -0.2) is 11.2 Å². The van der Waals surface area contributed by atoms with Gasteiger partial charge in [-0.25, -0.2) is 0 Å². The number of halogens is 3. The van der Waals surface area contributed by atoms with Gasteiger partial charge in [0.2, 0.25) is 0 Å². The van der Waals surface area contributed by atoms with Crippen molar-refractivity contribution in [3.63, 3.8) is 0 Å². The van der Waals surface area contributed by atoms with Crippen molar-refractivity contribution in [2.45, 2.75) is 12.3 Å². The maximum atomic E-state index is 11.4. The summed E-state index contributed by atoms with van der Waals surface area (Å²) in [6.07, 6.45) is 0. The third-order valence-electron chi connectivity index (χ3n) is 1.51. The largest absolute Gasteiger partial charge is 0.293 e. The van der Waals surface area contributed by atoms with Gasteiger partial charge in [0.25, 0.3) is 0 Å². The van der Waals surface area contributed by atoms with Gasteiger partial charge < -0.3 is 0 Å². The average Bonchev–Trinajstić information content (AvgIpc) is 2.01. The number of rotatable bonds is 2. The molecule has 1 aromatic carbocycles. The Kier molecular flexibility index (Phi) is 3.77. The van der Waals surface area contributed by atoms with Crippen molar-refractivity contribution in [2.75, 3.05) is 0 Å². The van der Waals surface area contributed by atoms with Gasteiger partial charge in [-0.15, -0.1) is 11.6 Å². The second-order valence-electron chi connectivity index (χ2n) is 2.64. The first kappa shape index (κ1) is 11.0. The van der Waals surface area contributed by atoms with Crippen LogP contribution in [0.2, 0.25) is 5.02 Å². The van der Waals surface area contributed by atoms with E-state index in [2.05, 4.69) is 15.9 Å². The van der Waals surface area contributed by atoms with Gasteiger partial charge in [-0.2, -0.15) is 0 Å². The monoisotopic (exact) mass is 280 g/mol. The molecule has 0 aliphatic rings. The first-order chi connectivity index (χ1) is 6.00. The number of alkyl halides is 1. The summed E-state index contributed by atoms with van der Waals surface area (Å²) in [4.78, 5) is 11.4. The van der Waals surface area contributed by atoms with Crippen LogP contribution in [0.25, 0.3) is 0 Å². The summed E-state index contributed by atoms with van der Waals surface area (Å²) < 4.78 is 0.778. The molecule has 0 heterocycles. The summed E-state index contributed by atoms with van der Waals surface area (Å²) in [6, 6.07) is 5.03. The second kappa shape index (κ2) is 4.45. The number of hydrogen-bond donors (Lipinski definition) is 0. The predicted octanol–water partition coefficient (Wildman–Crippen LogP) is 3.91. The minimum atomic E-state index is -0.523. The van der Waals surface area contributed by atoms with Crippen LogP contribution in [0.15, 0.2) is 22.7 Å². The van der Waals surface area contributed by atoms with Crippen LogP contribution in [0.1, 0.15) is 17.3 Å². The maximum absolute atomic E-state index is 11.4. The van der Waals surface area contributed by atoms with Gasteiger partial charge in [-0.3, -0.25) is 4.79 Å². The highest BCUT2D eigenvalue weighted by Crippen LogP contribution is 2.21. The van der Waals surface area contributed by atoms with Gasteiger partial charge in [-0.05, 0) is 25.1 Å². The quantitative estimate of drug-likeness (QED) is 0.593. The molecule has 0 fully saturated rings. The Labute approximate surface area is 95.2 Å². The molecule has 1 atom stereocenters. The molecule has 0 aliphatic heterocycles. The summed E-state index contributed by atoms with van der Waals surface area (Å²) >= 11 is 14.7. The van der Waals surface area contributed by atoms with Gasteiger partial charge >= 0.3 is 0 Å². The highest BCUT2D eigenvalue weighted by atomic mass is 79.9. The first-order valence-corrected chi connectivity index (χ1v) is 5.26. The standard InChI is InChI=1S/C9H7BrCl2O/c1-5(11)9(13)6-2-7(10)4-8(12)3-6/h2-5H,1H3. The summed E-state index contributed by atoms with van der Waals surface area (Å²) in [5, 5.41) is 0.000378. The van der Waals surface area contributed by atoms with Crippen LogP contribution in [0.5, 0.6) is 0 Å². The van der Waals surface area contributed by atoms with Gasteiger partial charge in [-0.1, -0.05) is 27.5 Å². The van der Waals surface area contributed by atoms with E-state index in [4.69, 9.17) is 23.2 Å². The van der Waals surface area contributed by atoms with Crippen molar-refractivity contribution in [3.8, 4) is 0 Å². The first-order valence-electron chi connectivity index (χ1n) is 3.65. The number of carbonyl (C=O) groups is 1. The number of Topliss-reactive ketones (excluding diaryl/α,β-unsaturated/α-hetero) is 1. The fourth-order valence-electron chi connectivity index (χ4n) is 0.926. The van der Waals surface area contributed by atoms with Crippen molar-refractivity contribution in [2.24, 2.45) is 0 Å². The molecule has 0 amide bonds. The van der Waals surface area contributed by atoms with E-state index >= 15 is 0 Å². The topological polar surface area (TPSA) is 17.1 Å². The predicted molar refractivity (Wildman–Crippen MR) is 58.8 cm³/mol. The third-order valence-corrected chi connectivity index (χ3v) is 2.38. The van der Waals surface area contributed by atoms with Crippen LogP contribution < -0.4 is 0 Å². The Bertz CT molecular complexity index is 316. The third kappa shape index (κ3) is 2.97. The van der Waals surface area contributed by atoms with Crippen molar-refractivity contribution < 1.29 is 4.79 Å². The molecule has 0 saturated heterocycles. The molecule has 0 N–H and O–H groups in total. The molecule has 0 aromatic heterocycles. The zero-order chi connectivity index (χ0) is 10.0.